The fourth-order valence-corrected chi connectivity index (χ4v) is 3.51. The summed E-state index contributed by atoms with van der Waals surface area (Å²) in [6, 6.07) is 11.9. The number of nitrogens with zero attached hydrogens (tertiary/aromatic N) is 4. The largest absolute Gasteiger partial charge is 0.494 e. The average molecular weight is 420 g/mol. The predicted molar refractivity (Wildman–Crippen MR) is 117 cm³/mol. The molecule has 158 valence electrons. The number of aliphatic hydroxyl groups excluding tert-OH is 1. The lowest BCUT2D eigenvalue weighted by molar-refractivity contribution is 0.305. The van der Waals surface area contributed by atoms with Gasteiger partial charge in [-0.25, -0.2) is 9.37 Å². The van der Waals surface area contributed by atoms with Gasteiger partial charge in [0.15, 0.2) is 11.6 Å². The topological polar surface area (TPSA) is 80.5 Å². The number of hydrogen-bond donors (Lipinski definition) is 1. The lowest BCUT2D eigenvalue weighted by Gasteiger charge is -2.26. The van der Waals surface area contributed by atoms with Gasteiger partial charge in [-0.2, -0.15) is 0 Å². The van der Waals surface area contributed by atoms with E-state index in [1.807, 2.05) is 6.92 Å². The van der Waals surface area contributed by atoms with Crippen LogP contribution in [0.3, 0.4) is 0 Å². The number of aromatic nitrogens is 3. The van der Waals surface area contributed by atoms with Crippen molar-refractivity contribution in [2.75, 3.05) is 25.2 Å². The molecule has 8 heteroatoms. The van der Waals surface area contributed by atoms with Gasteiger partial charge in [-0.05, 0) is 55.0 Å². The van der Waals surface area contributed by atoms with Crippen molar-refractivity contribution >= 4 is 22.3 Å². The molecule has 4 rings (SSSR count). The summed E-state index contributed by atoms with van der Waals surface area (Å²) in [7, 11) is 1.40. The van der Waals surface area contributed by atoms with Gasteiger partial charge in [0.1, 0.15) is 6.33 Å². The maximum Gasteiger partial charge on any atom is 0.265 e. The molecule has 4 aromatic rings. The first kappa shape index (κ1) is 20.5. The van der Waals surface area contributed by atoms with Gasteiger partial charge in [0, 0.05) is 18.4 Å². The molecule has 0 saturated heterocycles. The lowest BCUT2D eigenvalue weighted by atomic mass is 10.1. The summed E-state index contributed by atoms with van der Waals surface area (Å²) >= 11 is 0. The van der Waals surface area contributed by atoms with E-state index in [0.29, 0.717) is 22.3 Å². The van der Waals surface area contributed by atoms with Crippen LogP contribution in [-0.4, -0.2) is 39.9 Å². The number of ether oxygens (including phenoxy) is 1. The van der Waals surface area contributed by atoms with Crippen LogP contribution >= 0.6 is 0 Å². The highest BCUT2D eigenvalue weighted by atomic mass is 19.1. The van der Waals surface area contributed by atoms with E-state index >= 15 is 4.39 Å². The van der Waals surface area contributed by atoms with Crippen molar-refractivity contribution in [3.8, 4) is 11.4 Å². The van der Waals surface area contributed by atoms with Gasteiger partial charge in [-0.3, -0.25) is 14.3 Å². The molecule has 7 nitrogen and oxygen atoms in total. The van der Waals surface area contributed by atoms with E-state index < -0.39 is 5.82 Å². The number of pyridine rings is 1. The van der Waals surface area contributed by atoms with E-state index in [1.165, 1.54) is 18.0 Å². The zero-order chi connectivity index (χ0) is 22.0. The highest BCUT2D eigenvalue weighted by Crippen LogP contribution is 2.34. The zero-order valence-corrected chi connectivity index (χ0v) is 17.1. The SMILES string of the molecule is COc1cc(C)cc(N(CCO)c2ccc3ncn(-c4cccnc4)c(=O)c3c2)c1F. The van der Waals surface area contributed by atoms with Crippen LogP contribution in [0.15, 0.2) is 66.0 Å². The maximum absolute atomic E-state index is 15.1. The first-order valence-corrected chi connectivity index (χ1v) is 9.68. The Morgan fingerprint density at radius 2 is 2.06 bits per heavy atom. The van der Waals surface area contributed by atoms with Gasteiger partial charge in [0.05, 0.1) is 42.2 Å². The Balaban J connectivity index is 1.89. The number of methoxy groups -OCH3 is 1. The predicted octanol–water partition coefficient (Wildman–Crippen LogP) is 3.37. The Bertz CT molecular complexity index is 1290. The van der Waals surface area contributed by atoms with Crippen LogP contribution in [0.4, 0.5) is 15.8 Å². The van der Waals surface area contributed by atoms with Crippen LogP contribution in [0, 0.1) is 12.7 Å². The Morgan fingerprint density at radius 3 is 2.77 bits per heavy atom. The van der Waals surface area contributed by atoms with Crippen molar-refractivity contribution in [1.29, 1.82) is 0 Å². The van der Waals surface area contributed by atoms with Crippen LogP contribution in [-0.2, 0) is 0 Å². The highest BCUT2D eigenvalue weighted by molar-refractivity contribution is 5.83. The quantitative estimate of drug-likeness (QED) is 0.515. The summed E-state index contributed by atoms with van der Waals surface area (Å²) in [5, 5.41) is 9.99. The molecule has 0 bridgehead atoms. The summed E-state index contributed by atoms with van der Waals surface area (Å²) in [6.07, 6.45) is 4.65. The molecule has 0 fully saturated rings. The van der Waals surface area contributed by atoms with E-state index in [2.05, 4.69) is 9.97 Å². The van der Waals surface area contributed by atoms with Crippen molar-refractivity contribution in [2.45, 2.75) is 6.92 Å². The van der Waals surface area contributed by atoms with E-state index in [0.717, 1.165) is 5.56 Å². The van der Waals surface area contributed by atoms with E-state index in [9.17, 15) is 9.90 Å². The second kappa shape index (κ2) is 8.53. The molecule has 0 aliphatic heterocycles. The summed E-state index contributed by atoms with van der Waals surface area (Å²) < 4.78 is 21.6. The Labute approximate surface area is 178 Å². The maximum atomic E-state index is 15.1. The minimum atomic E-state index is -0.541. The van der Waals surface area contributed by atoms with E-state index in [-0.39, 0.29) is 30.1 Å². The fraction of sp³-hybridized carbons (Fsp3) is 0.174. The summed E-state index contributed by atoms with van der Waals surface area (Å²) in [4.78, 5) is 23.2. The second-order valence-corrected chi connectivity index (χ2v) is 7.01. The molecule has 0 radical (unpaired) electrons. The number of hydrogen-bond acceptors (Lipinski definition) is 6. The lowest BCUT2D eigenvalue weighted by Crippen LogP contribution is -2.23. The minimum absolute atomic E-state index is 0.110. The van der Waals surface area contributed by atoms with Gasteiger partial charge in [0.2, 0.25) is 0 Å². The first-order chi connectivity index (χ1) is 15.0. The summed E-state index contributed by atoms with van der Waals surface area (Å²) in [6.45, 7) is 1.76. The average Bonchev–Trinajstić information content (AvgIpc) is 2.79. The highest BCUT2D eigenvalue weighted by Gasteiger charge is 2.19. The molecule has 0 aliphatic carbocycles. The van der Waals surface area contributed by atoms with Gasteiger partial charge >= 0.3 is 0 Å². The molecule has 0 aliphatic rings. The van der Waals surface area contributed by atoms with Crippen LogP contribution in [0.5, 0.6) is 5.75 Å². The summed E-state index contributed by atoms with van der Waals surface area (Å²) in [5.74, 6) is -0.431. The Hall–Kier alpha value is -3.78. The third-order valence-electron chi connectivity index (χ3n) is 4.98. The smallest absolute Gasteiger partial charge is 0.265 e. The number of aryl methyl sites for hydroxylation is 1. The first-order valence-electron chi connectivity index (χ1n) is 9.68. The Morgan fingerprint density at radius 1 is 1.23 bits per heavy atom. The van der Waals surface area contributed by atoms with Gasteiger partial charge < -0.3 is 14.7 Å². The molecule has 0 atom stereocenters. The molecule has 2 aromatic carbocycles. The van der Waals surface area contributed by atoms with E-state index in [4.69, 9.17) is 4.74 Å². The fourth-order valence-electron chi connectivity index (χ4n) is 3.51. The molecule has 1 N–H and O–H groups in total. The van der Waals surface area contributed by atoms with Crippen molar-refractivity contribution in [3.63, 3.8) is 0 Å². The molecular weight excluding hydrogens is 399 g/mol. The molecule has 0 saturated carbocycles. The molecule has 31 heavy (non-hydrogen) atoms. The van der Waals surface area contributed by atoms with Crippen LogP contribution < -0.4 is 15.2 Å². The van der Waals surface area contributed by atoms with Crippen LogP contribution in [0.25, 0.3) is 16.6 Å². The van der Waals surface area contributed by atoms with Crippen molar-refractivity contribution in [2.24, 2.45) is 0 Å². The van der Waals surface area contributed by atoms with Crippen molar-refractivity contribution in [1.82, 2.24) is 14.5 Å². The standard InChI is InChI=1S/C23H21FN4O3/c1-15-10-20(22(24)21(11-15)31-2)27(8-9-29)16-5-6-19-18(12-16)23(30)28(14-26-19)17-4-3-7-25-13-17/h3-7,10-14,29H,8-9H2,1-2H3. The third kappa shape index (κ3) is 3.85. The number of halogens is 1. The number of fused-ring (bicyclic) bond motifs is 1. The summed E-state index contributed by atoms with van der Waals surface area (Å²) in [5.41, 5.74) is 2.44. The number of rotatable bonds is 6. The van der Waals surface area contributed by atoms with Crippen LogP contribution in [0.1, 0.15) is 5.56 Å². The van der Waals surface area contributed by atoms with Gasteiger partial charge in [-0.15, -0.1) is 0 Å². The van der Waals surface area contributed by atoms with Gasteiger partial charge in [-0.1, -0.05) is 0 Å². The zero-order valence-electron chi connectivity index (χ0n) is 17.1. The monoisotopic (exact) mass is 420 g/mol. The molecule has 2 heterocycles. The number of aliphatic hydroxyl groups is 1. The third-order valence-corrected chi connectivity index (χ3v) is 4.98. The van der Waals surface area contributed by atoms with Crippen molar-refractivity contribution < 1.29 is 14.2 Å². The molecule has 0 amide bonds. The molecule has 0 unspecified atom stereocenters. The Kier molecular flexibility index (Phi) is 5.64. The van der Waals surface area contributed by atoms with Crippen molar-refractivity contribution in [3.05, 3.63) is 82.9 Å². The normalized spacial score (nSPS) is 11.0. The molecular formula is C23H21FN4O3. The number of benzene rings is 2. The minimum Gasteiger partial charge on any atom is -0.494 e. The molecule has 0 spiro atoms. The molecule has 2 aromatic heterocycles. The number of anilines is 2. The second-order valence-electron chi connectivity index (χ2n) is 7.01. The van der Waals surface area contributed by atoms with E-state index in [1.54, 1.807) is 59.8 Å². The van der Waals surface area contributed by atoms with Gasteiger partial charge in [0.25, 0.3) is 5.56 Å². The van der Waals surface area contributed by atoms with Crippen LogP contribution in [0.2, 0.25) is 0 Å².